The Kier molecular flexibility index (Phi) is 66.8. The Morgan fingerprint density at radius 1 is 0.286 bits per heavy atom. The van der Waals surface area contributed by atoms with Crippen molar-refractivity contribution in [2.24, 2.45) is 23.7 Å². The fourth-order valence-electron chi connectivity index (χ4n) is 12.0. The second-order valence-electron chi connectivity index (χ2n) is 29.7. The number of carbonyl (C=O) groups is 4. The van der Waals surface area contributed by atoms with Gasteiger partial charge >= 0.3 is 39.5 Å². The van der Waals surface area contributed by atoms with Crippen molar-refractivity contribution in [1.29, 1.82) is 0 Å². The fraction of sp³-hybridized carbons (Fsp3) is 0.949. The quantitative estimate of drug-likeness (QED) is 0.0222. The normalized spacial score (nSPS) is 14.9. The van der Waals surface area contributed by atoms with Crippen LogP contribution in [-0.4, -0.2) is 96.7 Å². The Balaban J connectivity index is 5.19. The van der Waals surface area contributed by atoms with E-state index >= 15 is 0 Å². The Morgan fingerprint density at radius 3 is 0.724 bits per heavy atom. The zero-order valence-corrected chi connectivity index (χ0v) is 66.2. The summed E-state index contributed by atoms with van der Waals surface area (Å²) in [5.41, 5.74) is 0. The Hall–Kier alpha value is -1.94. The second-order valence-corrected chi connectivity index (χ2v) is 32.6. The molecule has 0 bridgehead atoms. The summed E-state index contributed by atoms with van der Waals surface area (Å²) in [6.45, 7) is 14.3. The number of unbranched alkanes of at least 4 members (excludes halogenated alkanes) is 39. The van der Waals surface area contributed by atoms with Gasteiger partial charge in [0.2, 0.25) is 0 Å². The van der Waals surface area contributed by atoms with Gasteiger partial charge in [-0.2, -0.15) is 0 Å². The van der Waals surface area contributed by atoms with Crippen LogP contribution >= 0.6 is 15.6 Å². The van der Waals surface area contributed by atoms with Crippen LogP contribution in [0.5, 0.6) is 0 Å². The predicted octanol–water partition coefficient (Wildman–Crippen LogP) is 23.2. The van der Waals surface area contributed by atoms with Gasteiger partial charge in [0, 0.05) is 25.7 Å². The van der Waals surface area contributed by atoms with E-state index in [2.05, 4.69) is 55.4 Å². The molecule has 0 fully saturated rings. The van der Waals surface area contributed by atoms with Crippen LogP contribution in [0, 0.1) is 23.7 Å². The van der Waals surface area contributed by atoms with E-state index < -0.39 is 97.5 Å². The molecule has 0 aliphatic carbocycles. The molecule has 0 aliphatic rings. The molecule has 8 atom stereocenters. The van der Waals surface area contributed by atoms with Crippen LogP contribution in [0.2, 0.25) is 0 Å². The van der Waals surface area contributed by atoms with Crippen molar-refractivity contribution in [2.45, 2.75) is 420 Å². The van der Waals surface area contributed by atoms with E-state index in [1.807, 2.05) is 0 Å². The Morgan fingerprint density at radius 2 is 0.490 bits per heavy atom. The lowest BCUT2D eigenvalue weighted by Crippen LogP contribution is -2.30. The summed E-state index contributed by atoms with van der Waals surface area (Å²) in [6.07, 6.45) is 54.1. The van der Waals surface area contributed by atoms with Crippen molar-refractivity contribution in [3.05, 3.63) is 0 Å². The zero-order chi connectivity index (χ0) is 72.4. The van der Waals surface area contributed by atoms with Crippen LogP contribution in [0.1, 0.15) is 402 Å². The first kappa shape index (κ1) is 96.1. The van der Waals surface area contributed by atoms with Gasteiger partial charge in [-0.15, -0.1) is 0 Å². The maximum absolute atomic E-state index is 13.1. The summed E-state index contributed by atoms with van der Waals surface area (Å²) in [5, 5.41) is 10.6. The summed E-state index contributed by atoms with van der Waals surface area (Å²) in [4.78, 5) is 72.9. The third kappa shape index (κ3) is 68.5. The molecule has 0 heterocycles. The molecule has 17 nitrogen and oxygen atoms in total. The maximum Gasteiger partial charge on any atom is 0.472 e. The minimum Gasteiger partial charge on any atom is -0.462 e. The first-order valence-electron chi connectivity index (χ1n) is 40.8. The number of ether oxygens (including phenoxy) is 4. The SMILES string of the molecule is CCC(C)CCCCCCCCCCCCCCCCCCCCC(=O)O[C@H](COC(=O)CCCCCCCCCC(C)C)COP(=O)(O)OCC(O)COP(=O)(O)OC[C@@H](COC(=O)CCCCCCCCCCC(C)CC)OC(=O)CCCCCCCCCCCCC(C)CC. The van der Waals surface area contributed by atoms with Gasteiger partial charge in [0.1, 0.15) is 19.3 Å². The van der Waals surface area contributed by atoms with Gasteiger partial charge in [0.15, 0.2) is 12.2 Å². The number of hydrogen-bond donors (Lipinski definition) is 3. The van der Waals surface area contributed by atoms with Crippen LogP contribution in [0.15, 0.2) is 0 Å². The lowest BCUT2D eigenvalue weighted by atomic mass is 9.99. The monoisotopic (exact) mass is 1440 g/mol. The largest absolute Gasteiger partial charge is 0.472 e. The average molecular weight is 1440 g/mol. The minimum atomic E-state index is -4.96. The third-order valence-corrected chi connectivity index (χ3v) is 21.3. The van der Waals surface area contributed by atoms with Crippen molar-refractivity contribution < 1.29 is 80.2 Å². The molecule has 0 rings (SSSR count). The van der Waals surface area contributed by atoms with Crippen molar-refractivity contribution in [3.8, 4) is 0 Å². The highest BCUT2D eigenvalue weighted by atomic mass is 31.2. The topological polar surface area (TPSA) is 237 Å². The number of esters is 4. The summed E-state index contributed by atoms with van der Waals surface area (Å²) < 4.78 is 68.6. The van der Waals surface area contributed by atoms with Gasteiger partial charge in [0.05, 0.1) is 26.4 Å². The molecule has 0 aromatic rings. The number of phosphoric ester groups is 2. The molecule has 0 aliphatic heterocycles. The first-order chi connectivity index (χ1) is 47.2. The Labute approximate surface area is 600 Å². The van der Waals surface area contributed by atoms with E-state index in [4.69, 9.17) is 37.0 Å². The highest BCUT2D eigenvalue weighted by Crippen LogP contribution is 2.45. The lowest BCUT2D eigenvalue weighted by Gasteiger charge is -2.21. The van der Waals surface area contributed by atoms with E-state index in [-0.39, 0.29) is 25.7 Å². The predicted molar refractivity (Wildman–Crippen MR) is 400 cm³/mol. The van der Waals surface area contributed by atoms with Crippen LogP contribution in [0.3, 0.4) is 0 Å². The summed E-state index contributed by atoms with van der Waals surface area (Å²) in [6, 6.07) is 0. The molecule has 98 heavy (non-hydrogen) atoms. The molecule has 0 spiro atoms. The van der Waals surface area contributed by atoms with Crippen molar-refractivity contribution >= 4 is 39.5 Å². The van der Waals surface area contributed by atoms with Crippen LogP contribution in [0.25, 0.3) is 0 Å². The smallest absolute Gasteiger partial charge is 0.462 e. The van der Waals surface area contributed by atoms with Gasteiger partial charge in [-0.25, -0.2) is 9.13 Å². The molecule has 0 saturated heterocycles. The second kappa shape index (κ2) is 68.2. The fourth-order valence-corrected chi connectivity index (χ4v) is 13.6. The number of hydrogen-bond acceptors (Lipinski definition) is 15. The maximum atomic E-state index is 13.1. The molecule has 3 N–H and O–H groups in total. The van der Waals surface area contributed by atoms with Gasteiger partial charge in [-0.05, 0) is 49.4 Å². The molecular weight excluding hydrogens is 1280 g/mol. The van der Waals surface area contributed by atoms with E-state index in [0.29, 0.717) is 31.6 Å². The van der Waals surface area contributed by atoms with E-state index in [1.165, 1.54) is 199 Å². The molecule has 0 aromatic carbocycles. The van der Waals surface area contributed by atoms with Gasteiger partial charge in [0.25, 0.3) is 0 Å². The average Bonchev–Trinajstić information content (AvgIpc) is 1.21. The highest BCUT2D eigenvalue weighted by molar-refractivity contribution is 7.47. The van der Waals surface area contributed by atoms with E-state index in [0.717, 1.165) is 114 Å². The highest BCUT2D eigenvalue weighted by Gasteiger charge is 2.30. The lowest BCUT2D eigenvalue weighted by molar-refractivity contribution is -0.161. The summed E-state index contributed by atoms with van der Waals surface area (Å²) >= 11 is 0. The van der Waals surface area contributed by atoms with Crippen LogP contribution in [0.4, 0.5) is 0 Å². The molecule has 582 valence electrons. The standard InChI is InChI=1S/C79H154O17P2/c1-9-70(6)56-48-40-32-24-20-18-16-14-12-13-15-17-19-21-26-36-45-53-61-78(83)96-75(66-90-77(82)60-52-44-38-30-31-39-47-55-69(4)5)68-94-98(87,88)92-64-73(80)63-91-97(85,86)93-67-74(65-89-76(81)59-51-43-35-29-28-34-42-50-58-72(8)11-3)95-79(84)62-54-46-37-27-23-22-25-33-41-49-57-71(7)10-2/h69-75,80H,9-68H2,1-8H3,(H,85,86)(H,87,88)/t70?,71?,72?,73?,74-,75-/m1/s1. The number of phosphoric acid groups is 2. The number of carbonyl (C=O) groups excluding carboxylic acids is 4. The van der Waals surface area contributed by atoms with Crippen molar-refractivity contribution in [1.82, 2.24) is 0 Å². The number of rotatable bonds is 76. The molecule has 0 aromatic heterocycles. The van der Waals surface area contributed by atoms with Gasteiger partial charge in [-0.1, -0.05) is 351 Å². The Bertz CT molecular complexity index is 1930. The van der Waals surface area contributed by atoms with Gasteiger partial charge in [-0.3, -0.25) is 37.3 Å². The van der Waals surface area contributed by atoms with Crippen LogP contribution in [-0.2, 0) is 65.4 Å². The van der Waals surface area contributed by atoms with E-state index in [1.54, 1.807) is 0 Å². The molecule has 19 heteroatoms. The van der Waals surface area contributed by atoms with Crippen LogP contribution < -0.4 is 0 Å². The number of aliphatic hydroxyl groups is 1. The molecule has 0 saturated carbocycles. The molecule has 0 amide bonds. The van der Waals surface area contributed by atoms with Crippen molar-refractivity contribution in [3.63, 3.8) is 0 Å². The molecule has 6 unspecified atom stereocenters. The first-order valence-corrected chi connectivity index (χ1v) is 43.8. The zero-order valence-electron chi connectivity index (χ0n) is 64.4. The van der Waals surface area contributed by atoms with E-state index in [9.17, 15) is 43.2 Å². The number of aliphatic hydroxyl groups excluding tert-OH is 1. The summed E-state index contributed by atoms with van der Waals surface area (Å²) in [7, 11) is -9.92. The van der Waals surface area contributed by atoms with Crippen molar-refractivity contribution in [2.75, 3.05) is 39.6 Å². The summed E-state index contributed by atoms with van der Waals surface area (Å²) in [5.74, 6) is 1.04. The third-order valence-electron chi connectivity index (χ3n) is 19.4. The van der Waals surface area contributed by atoms with Gasteiger partial charge < -0.3 is 33.8 Å². The minimum absolute atomic E-state index is 0.105. The molecular formula is C79H154O17P2. The molecule has 0 radical (unpaired) electrons.